The minimum Gasteiger partial charge on any atom is -0.487 e. The van der Waals surface area contributed by atoms with E-state index in [-0.39, 0.29) is 152 Å². The number of nitrogens with zero attached hydrogens (tertiary/aromatic N) is 8. The number of ketones is 4. The molecule has 0 unspecified atom stereocenters. The number of pyridine rings is 4. The summed E-state index contributed by atoms with van der Waals surface area (Å²) in [4.78, 5) is 76.3. The van der Waals surface area contributed by atoms with Gasteiger partial charge in [-0.1, -0.05) is 109 Å². The van der Waals surface area contributed by atoms with Gasteiger partial charge in [-0.05, 0) is 182 Å². The Morgan fingerprint density at radius 3 is 0.986 bits per heavy atom. The minimum atomic E-state index is -3.19. The molecule has 0 aliphatic carbocycles. The fourth-order valence-corrected chi connectivity index (χ4v) is 26.3. The fourth-order valence-electron chi connectivity index (χ4n) is 19.0. The number of hydrogen-bond donors (Lipinski definition) is 0. The maximum Gasteiger partial charge on any atom is 0.387 e. The molecule has 0 amide bonds. The van der Waals surface area contributed by atoms with E-state index in [4.69, 9.17) is 14.2 Å². The first-order valence-electron chi connectivity index (χ1n) is 46.9. The summed E-state index contributed by atoms with van der Waals surface area (Å²) in [7, 11) is -12.2. The van der Waals surface area contributed by atoms with E-state index >= 15 is 4.39 Å². The van der Waals surface area contributed by atoms with E-state index in [0.717, 1.165) is 47.0 Å². The lowest BCUT2D eigenvalue weighted by atomic mass is 9.77. The molecule has 0 atom stereocenters. The lowest BCUT2D eigenvalue weighted by Gasteiger charge is -2.32. The number of halogens is 11. The highest BCUT2D eigenvalue weighted by Crippen LogP contribution is 2.57. The van der Waals surface area contributed by atoms with Gasteiger partial charge in [-0.2, -0.15) is 8.78 Å². The highest BCUT2D eigenvalue weighted by Gasteiger charge is 2.49. The first kappa shape index (κ1) is 110. The molecule has 4 aromatic carbocycles. The van der Waals surface area contributed by atoms with Gasteiger partial charge in [-0.15, -0.1) is 0 Å². The predicted molar refractivity (Wildman–Crippen MR) is 530 cm³/mol. The van der Waals surface area contributed by atoms with Gasteiger partial charge in [0.25, 0.3) is 12.9 Å². The summed E-state index contributed by atoms with van der Waals surface area (Å²) in [5, 5.41) is 0. The van der Waals surface area contributed by atoms with E-state index in [1.807, 2.05) is 101 Å². The number of sulfone groups is 4. The van der Waals surface area contributed by atoms with Crippen LogP contribution >= 0.6 is 0 Å². The number of rotatable bonds is 27. The van der Waals surface area contributed by atoms with Crippen molar-refractivity contribution < 1.29 is 120 Å². The number of carbonyl (C=O) groups is 4. The van der Waals surface area contributed by atoms with Gasteiger partial charge in [0.05, 0.1) is 92.9 Å². The third kappa shape index (κ3) is 24.3. The minimum absolute atomic E-state index is 0.0261. The summed E-state index contributed by atoms with van der Waals surface area (Å²) in [6.45, 7) is 37.5. The zero-order chi connectivity index (χ0) is 106. The van der Waals surface area contributed by atoms with Gasteiger partial charge in [0.2, 0.25) is 0 Å². The molecule has 16 rings (SSSR count). The van der Waals surface area contributed by atoms with Crippen molar-refractivity contribution in [2.24, 2.45) is 21.7 Å². The molecule has 4 fully saturated rings. The van der Waals surface area contributed by atoms with Crippen LogP contribution in [0.2, 0.25) is 0 Å². The second kappa shape index (κ2) is 40.8. The predicted octanol–water partition coefficient (Wildman–Crippen LogP) is 22.8. The molecule has 0 radical (unpaired) electrons. The number of benzene rings is 4. The van der Waals surface area contributed by atoms with Gasteiger partial charge in [-0.25, -0.2) is 93.1 Å². The molecule has 4 saturated heterocycles. The highest BCUT2D eigenvalue weighted by atomic mass is 32.2. The van der Waals surface area contributed by atoms with E-state index in [0.29, 0.717) is 125 Å². The molecule has 12 heterocycles. The second-order valence-corrected chi connectivity index (χ2v) is 51.7. The van der Waals surface area contributed by atoms with E-state index in [1.165, 1.54) is 56.4 Å². The molecular weight excluding hydrogens is 1970 g/mol. The summed E-state index contributed by atoms with van der Waals surface area (Å²) in [5.41, 5.74) is 3.95. The van der Waals surface area contributed by atoms with Crippen LogP contribution in [0.3, 0.4) is 0 Å². The lowest BCUT2D eigenvalue weighted by molar-refractivity contribution is -0.0522. The summed E-state index contributed by atoms with van der Waals surface area (Å²) < 4.78 is 262. The molecule has 8 aliphatic rings. The molecule has 0 spiro atoms. The molecule has 8 aliphatic heterocycles. The first-order chi connectivity index (χ1) is 66.7. The van der Waals surface area contributed by atoms with E-state index in [1.54, 1.807) is 56.0 Å². The number of aromatic nitrogens is 4. The monoisotopic (exact) mass is 2080 g/mol. The third-order valence-corrected chi connectivity index (χ3v) is 35.6. The van der Waals surface area contributed by atoms with Gasteiger partial charge in [0.1, 0.15) is 99.7 Å². The fraction of sp³-hybridized carbons (Fsp3) is 0.467. The van der Waals surface area contributed by atoms with Crippen LogP contribution < -0.4 is 38.5 Å². The zero-order valence-corrected chi connectivity index (χ0v) is 86.0. The van der Waals surface area contributed by atoms with Crippen molar-refractivity contribution in [3.63, 3.8) is 0 Å². The van der Waals surface area contributed by atoms with Crippen LogP contribution in [0.1, 0.15) is 238 Å². The molecular formula is C105H119F11N8O16S4. The largest absolute Gasteiger partial charge is 0.487 e. The summed E-state index contributed by atoms with van der Waals surface area (Å²) >= 11 is 0. The van der Waals surface area contributed by atoms with Crippen molar-refractivity contribution in [2.75, 3.05) is 85.4 Å². The Hall–Kier alpha value is -11.5. The Labute approximate surface area is 833 Å². The van der Waals surface area contributed by atoms with Crippen LogP contribution in [0, 0.1) is 44.9 Å². The SMILES string of the molecule is C=C1N(c2cc(OC(F)F)c(F)cn2)c2ccc(C(=O)CC3(C)CCS(=O)(=O)CC3)cc2C1(C)C.C=C1N(c2cc(OCC(C)(C)F)c(F)cn2)c2ccc(C(=O)CC3(C)CCS(=O)(=O)CC3)cc2C1(C)C.C=C1N(c2cc(OCC(F)F)c(F)cn2)c2ccc(C(=O)CC3(C)CCS(=O)(=O)CC3)cc2C1(C)C.C=C1N(c2cc(OCC(F)F)ccn2)c2cc(F)c(C(=O)CC3(C)CCS(=O)(=O)CC3)cc2C1(C)C. The molecule has 24 nitrogen and oxygen atoms in total. The van der Waals surface area contributed by atoms with Gasteiger partial charge in [0, 0.05) is 117 Å². The average molecular weight is 2090 g/mol. The molecule has 776 valence electrons. The van der Waals surface area contributed by atoms with Gasteiger partial charge in [-0.3, -0.25) is 38.8 Å². The molecule has 8 aromatic rings. The number of hydrogen-bond acceptors (Lipinski definition) is 24. The molecule has 144 heavy (non-hydrogen) atoms. The summed E-state index contributed by atoms with van der Waals surface area (Å²) in [5.74, 6) is -2.94. The Bertz CT molecular complexity index is 6900. The smallest absolute Gasteiger partial charge is 0.387 e. The Morgan fingerprint density at radius 2 is 0.660 bits per heavy atom. The number of carbonyl (C=O) groups excluding carboxylic acids is 4. The topological polar surface area (TPSA) is 306 Å². The maximum atomic E-state index is 15.4. The molecule has 4 aromatic heterocycles. The maximum absolute atomic E-state index is 15.4. The number of alkyl halides is 7. The normalized spacial score (nSPS) is 19.9. The van der Waals surface area contributed by atoms with Crippen molar-refractivity contribution >= 4 is 109 Å². The number of ether oxygens (including phenoxy) is 4. The Kier molecular flexibility index (Phi) is 31.1. The Morgan fingerprint density at radius 1 is 0.368 bits per heavy atom. The van der Waals surface area contributed by atoms with Crippen molar-refractivity contribution in [2.45, 2.75) is 221 Å². The van der Waals surface area contributed by atoms with Gasteiger partial charge in [0.15, 0.2) is 57.8 Å². The lowest BCUT2D eigenvalue weighted by Crippen LogP contribution is -2.33. The first-order valence-corrected chi connectivity index (χ1v) is 54.2. The zero-order valence-electron chi connectivity index (χ0n) is 82.8. The molecule has 0 N–H and O–H groups in total. The number of fused-ring (bicyclic) bond motifs is 4. The van der Waals surface area contributed by atoms with Crippen LogP contribution in [0.4, 0.5) is 94.3 Å². The molecule has 0 bridgehead atoms. The average Bonchev–Trinajstić information content (AvgIpc) is 1.71. The van der Waals surface area contributed by atoms with E-state index in [9.17, 15) is 96.8 Å². The van der Waals surface area contributed by atoms with Crippen LogP contribution in [-0.4, -0.2) is 168 Å². The number of allylic oxidation sites excluding steroid dienone is 4. The van der Waals surface area contributed by atoms with Crippen molar-refractivity contribution in [3.8, 4) is 23.0 Å². The molecule has 39 heteroatoms. The summed E-state index contributed by atoms with van der Waals surface area (Å²) in [6, 6.07) is 25.4. The van der Waals surface area contributed by atoms with Gasteiger partial charge >= 0.3 is 6.61 Å². The van der Waals surface area contributed by atoms with Crippen molar-refractivity contribution in [3.05, 3.63) is 239 Å². The Balaban J connectivity index is 0.000000161. The van der Waals surface area contributed by atoms with Crippen LogP contribution in [-0.2, 0) is 61.0 Å². The van der Waals surface area contributed by atoms with Crippen LogP contribution in [0.15, 0.2) is 171 Å². The second-order valence-electron chi connectivity index (χ2n) is 42.5. The van der Waals surface area contributed by atoms with Crippen LogP contribution in [0.5, 0.6) is 23.0 Å². The van der Waals surface area contributed by atoms with Crippen molar-refractivity contribution in [1.82, 2.24) is 19.9 Å². The third-order valence-electron chi connectivity index (χ3n) is 29.0. The van der Waals surface area contributed by atoms with Crippen molar-refractivity contribution in [1.29, 1.82) is 0 Å². The van der Waals surface area contributed by atoms with E-state index in [2.05, 4.69) is 51.0 Å². The number of anilines is 8. The number of Topliss-reactive ketones (excluding diaryl/α,β-unsaturated/α-hetero) is 4. The van der Waals surface area contributed by atoms with Gasteiger partial charge < -0.3 is 18.9 Å². The highest BCUT2D eigenvalue weighted by molar-refractivity contribution is 7.92. The standard InChI is InChI=1S/C28H34F2N2O4S.2C26H29F3N2O4S.C25H27F3N2O4S/c1-18-27(4,5)20-13-19(23(33)15-28(6)9-11-37(34,35)12-10-28)7-8-22(20)32(18)25-14-24(21(29)16-31-25)36-17-26(2,3)30;1-16-25(2,3)19-12-18(22(32)14-26(4)6-9-36(33,34)10-7-26)20(27)13-21(19)31(16)24-11-17(5-8-30-24)35-15-23(28)29;1-16-25(2,3)18-11-17(21(32)13-26(4)7-9-36(33,34)10-8-26)5-6-20(18)31(16)24-12-22(19(27)14-30-24)35-15-23(28)29;1-15-24(2,3)17-11-16(20(31)13-25(4)7-9-35(32,33)10-8-25)5-6-19(17)30(15)22-12-21(34-23(27)28)18(26)14-29-22/h7-8,13-14,16H,1,9-12,15,17H2,2-6H3;5,8,11-13,23H,1,6-7,9-10,14-15H2,2-4H3;5-6,11-12,14,23H,1,7-10,13,15H2,2-4H3;5-6,11-12,14,23H,1,7-10,13H2,2-4H3. The van der Waals surface area contributed by atoms with Crippen LogP contribution in [0.25, 0.3) is 0 Å². The van der Waals surface area contributed by atoms with E-state index < -0.39 is 134 Å². The molecule has 0 saturated carbocycles. The summed E-state index contributed by atoms with van der Waals surface area (Å²) in [6.07, 6.45) is 3.07. The quantitative estimate of drug-likeness (QED) is 0.0341.